The molecule has 0 fully saturated rings. The fraction of sp³-hybridized carbons (Fsp3) is 0.444. The molecule has 1 aliphatic rings. The molecule has 0 atom stereocenters. The Morgan fingerprint density at radius 3 is 2.18 bits per heavy atom. The van der Waals surface area contributed by atoms with Crippen LogP contribution in [0.15, 0.2) is 24.3 Å². The van der Waals surface area contributed by atoms with E-state index in [1.807, 2.05) is 12.2 Å². The molecule has 0 unspecified atom stereocenters. The van der Waals surface area contributed by atoms with Crippen molar-refractivity contribution in [1.82, 2.24) is 0 Å². The van der Waals surface area contributed by atoms with Gasteiger partial charge < -0.3 is 0 Å². The van der Waals surface area contributed by atoms with Crippen LogP contribution in [-0.4, -0.2) is 10.1 Å². The first-order chi connectivity index (χ1) is 5.04. The quantitative estimate of drug-likeness (QED) is 0.614. The Hall–Kier alpha value is -0.370. The van der Waals surface area contributed by atoms with E-state index in [-0.39, 0.29) is 10.1 Å². The van der Waals surface area contributed by atoms with Crippen LogP contribution in [0.5, 0.6) is 0 Å². The molecule has 11 heavy (non-hydrogen) atoms. The number of hydrogen-bond acceptors (Lipinski definition) is 1. The number of carbonyl (C=O) groups excluding carboxylic acids is 1. The molecule has 0 bridgehead atoms. The largest absolute Gasteiger partial charge is 0.290 e. The van der Waals surface area contributed by atoms with Crippen molar-refractivity contribution in [3.8, 4) is 0 Å². The third-order valence-electron chi connectivity index (χ3n) is 1.89. The number of allylic oxidation sites excluding steroid dienone is 4. The lowest BCUT2D eigenvalue weighted by molar-refractivity contribution is -0.110. The lowest BCUT2D eigenvalue weighted by atomic mass is 9.91. The smallest absolute Gasteiger partial charge is 0.178 e. The van der Waals surface area contributed by atoms with Crippen molar-refractivity contribution in [2.75, 3.05) is 0 Å². The molecule has 0 aromatic heterocycles. The minimum Gasteiger partial charge on any atom is -0.290 e. The minimum atomic E-state index is -0.110. The molecule has 0 heterocycles. The van der Waals surface area contributed by atoms with Crippen LogP contribution in [0, 0.1) is 5.92 Å². The Kier molecular flexibility index (Phi) is 2.33. The first kappa shape index (κ1) is 8.72. The predicted molar refractivity (Wildman–Crippen MR) is 49.8 cm³/mol. The Balaban J connectivity index is 2.85. The SMILES string of the molecule is CC(C)C1(Br)C=CC(=O)C=C1. The second-order valence-electron chi connectivity index (χ2n) is 3.05. The van der Waals surface area contributed by atoms with Crippen LogP contribution >= 0.6 is 15.9 Å². The van der Waals surface area contributed by atoms with Crippen molar-refractivity contribution in [2.45, 2.75) is 18.2 Å². The van der Waals surface area contributed by atoms with Gasteiger partial charge in [0.25, 0.3) is 0 Å². The molecule has 1 nitrogen and oxygen atoms in total. The normalized spacial score (nSPS) is 21.3. The average molecular weight is 215 g/mol. The van der Waals surface area contributed by atoms with Gasteiger partial charge in [-0.15, -0.1) is 0 Å². The molecular weight excluding hydrogens is 204 g/mol. The summed E-state index contributed by atoms with van der Waals surface area (Å²) >= 11 is 3.56. The Labute approximate surface area is 75.3 Å². The predicted octanol–water partition coefficient (Wildman–Crippen LogP) is 2.47. The molecule has 60 valence electrons. The standard InChI is InChI=1S/C9H11BrO/c1-7(2)9(10)5-3-8(11)4-6-9/h3-7H,1-2H3. The molecule has 0 radical (unpaired) electrons. The lowest BCUT2D eigenvalue weighted by Crippen LogP contribution is -2.24. The molecule has 1 rings (SSSR count). The summed E-state index contributed by atoms with van der Waals surface area (Å²) in [6, 6.07) is 0. The molecule has 0 saturated carbocycles. The van der Waals surface area contributed by atoms with Crippen molar-refractivity contribution in [3.05, 3.63) is 24.3 Å². The van der Waals surface area contributed by atoms with E-state index in [0.29, 0.717) is 5.92 Å². The minimum absolute atomic E-state index is 0.0701. The van der Waals surface area contributed by atoms with Crippen molar-refractivity contribution in [1.29, 1.82) is 0 Å². The lowest BCUT2D eigenvalue weighted by Gasteiger charge is -2.25. The fourth-order valence-corrected chi connectivity index (χ4v) is 1.18. The highest BCUT2D eigenvalue weighted by Gasteiger charge is 2.26. The summed E-state index contributed by atoms with van der Waals surface area (Å²) < 4.78 is -0.110. The highest BCUT2D eigenvalue weighted by molar-refractivity contribution is 9.10. The molecule has 0 spiro atoms. The van der Waals surface area contributed by atoms with E-state index in [1.54, 1.807) is 12.2 Å². The molecule has 0 saturated heterocycles. The van der Waals surface area contributed by atoms with Gasteiger partial charge in [0.2, 0.25) is 0 Å². The van der Waals surface area contributed by atoms with Crippen molar-refractivity contribution < 1.29 is 4.79 Å². The summed E-state index contributed by atoms with van der Waals surface area (Å²) in [5, 5.41) is 0. The van der Waals surface area contributed by atoms with Crippen LogP contribution in [0.2, 0.25) is 0 Å². The second-order valence-corrected chi connectivity index (χ2v) is 4.42. The van der Waals surface area contributed by atoms with Crippen LogP contribution in [0.1, 0.15) is 13.8 Å². The van der Waals surface area contributed by atoms with Gasteiger partial charge in [-0.2, -0.15) is 0 Å². The summed E-state index contributed by atoms with van der Waals surface area (Å²) in [6.45, 7) is 4.22. The number of rotatable bonds is 1. The van der Waals surface area contributed by atoms with Gasteiger partial charge >= 0.3 is 0 Å². The zero-order chi connectivity index (χ0) is 8.48. The van der Waals surface area contributed by atoms with Crippen LogP contribution in [0.25, 0.3) is 0 Å². The van der Waals surface area contributed by atoms with E-state index in [4.69, 9.17) is 0 Å². The van der Waals surface area contributed by atoms with E-state index < -0.39 is 0 Å². The van der Waals surface area contributed by atoms with E-state index in [9.17, 15) is 4.79 Å². The number of halogens is 1. The first-order valence-electron chi connectivity index (χ1n) is 3.66. The fourth-order valence-electron chi connectivity index (χ4n) is 0.916. The maximum atomic E-state index is 10.8. The van der Waals surface area contributed by atoms with E-state index in [0.717, 1.165) is 0 Å². The zero-order valence-electron chi connectivity index (χ0n) is 6.67. The molecule has 0 N–H and O–H groups in total. The average Bonchev–Trinajstić information content (AvgIpc) is 1.95. The third-order valence-corrected chi connectivity index (χ3v) is 3.34. The van der Waals surface area contributed by atoms with Gasteiger partial charge in [0.05, 0.1) is 4.32 Å². The van der Waals surface area contributed by atoms with Gasteiger partial charge in [-0.25, -0.2) is 0 Å². The summed E-state index contributed by atoms with van der Waals surface area (Å²) in [4.78, 5) is 10.8. The molecule has 0 aromatic carbocycles. The van der Waals surface area contributed by atoms with Crippen LogP contribution in [0.3, 0.4) is 0 Å². The van der Waals surface area contributed by atoms with E-state index in [1.165, 1.54) is 0 Å². The highest BCUT2D eigenvalue weighted by atomic mass is 79.9. The molecule has 0 aliphatic heterocycles. The van der Waals surface area contributed by atoms with Crippen molar-refractivity contribution in [3.63, 3.8) is 0 Å². The van der Waals surface area contributed by atoms with Gasteiger partial charge in [-0.3, -0.25) is 4.79 Å². The summed E-state index contributed by atoms with van der Waals surface area (Å²) in [6.07, 6.45) is 7.02. The van der Waals surface area contributed by atoms with Gasteiger partial charge in [0, 0.05) is 0 Å². The number of hydrogen-bond donors (Lipinski definition) is 0. The number of carbonyl (C=O) groups is 1. The first-order valence-corrected chi connectivity index (χ1v) is 4.45. The van der Waals surface area contributed by atoms with Gasteiger partial charge in [0.15, 0.2) is 5.78 Å². The van der Waals surface area contributed by atoms with Gasteiger partial charge in [0.1, 0.15) is 0 Å². The molecule has 0 amide bonds. The molecule has 0 aromatic rings. The van der Waals surface area contributed by atoms with Crippen molar-refractivity contribution >= 4 is 21.7 Å². The zero-order valence-corrected chi connectivity index (χ0v) is 8.26. The third kappa shape index (κ3) is 1.80. The Bertz CT molecular complexity index is 210. The van der Waals surface area contributed by atoms with Crippen LogP contribution in [-0.2, 0) is 4.79 Å². The van der Waals surface area contributed by atoms with Crippen LogP contribution in [0.4, 0.5) is 0 Å². The Morgan fingerprint density at radius 2 is 1.82 bits per heavy atom. The summed E-state index contributed by atoms with van der Waals surface area (Å²) in [5.41, 5.74) is 0. The number of alkyl halides is 1. The molecule has 1 aliphatic carbocycles. The highest BCUT2D eigenvalue weighted by Crippen LogP contribution is 2.32. The summed E-state index contributed by atoms with van der Waals surface area (Å²) in [5.74, 6) is 0.531. The molecule has 2 heteroatoms. The van der Waals surface area contributed by atoms with Crippen LogP contribution < -0.4 is 0 Å². The van der Waals surface area contributed by atoms with Gasteiger partial charge in [-0.05, 0) is 18.1 Å². The number of ketones is 1. The van der Waals surface area contributed by atoms with Gasteiger partial charge in [-0.1, -0.05) is 41.9 Å². The maximum Gasteiger partial charge on any atom is 0.178 e. The van der Waals surface area contributed by atoms with E-state index >= 15 is 0 Å². The topological polar surface area (TPSA) is 17.1 Å². The Morgan fingerprint density at radius 1 is 1.36 bits per heavy atom. The van der Waals surface area contributed by atoms with Crippen molar-refractivity contribution in [2.24, 2.45) is 5.92 Å². The maximum absolute atomic E-state index is 10.8. The summed E-state index contributed by atoms with van der Waals surface area (Å²) in [7, 11) is 0. The van der Waals surface area contributed by atoms with E-state index in [2.05, 4.69) is 29.8 Å². The second kappa shape index (κ2) is 2.94. The molecular formula is C9H11BrO. The monoisotopic (exact) mass is 214 g/mol.